The molecule has 0 aliphatic heterocycles. The summed E-state index contributed by atoms with van der Waals surface area (Å²) in [7, 11) is 1.51. The summed E-state index contributed by atoms with van der Waals surface area (Å²) in [5.41, 5.74) is -0.125. The molecule has 29 heavy (non-hydrogen) atoms. The molecule has 7 nitrogen and oxygen atoms in total. The summed E-state index contributed by atoms with van der Waals surface area (Å²) in [5.74, 6) is -0.203. The van der Waals surface area contributed by atoms with E-state index in [1.54, 1.807) is 48.7 Å². The van der Waals surface area contributed by atoms with E-state index in [1.165, 1.54) is 23.9 Å². The fourth-order valence-corrected chi connectivity index (χ4v) is 2.88. The Balaban J connectivity index is 1.54. The minimum atomic E-state index is -0.769. The topological polar surface area (TPSA) is 86.4 Å². The Labute approximate surface area is 164 Å². The van der Waals surface area contributed by atoms with Crippen molar-refractivity contribution in [3.63, 3.8) is 0 Å². The molecular weight excluding hydrogens is 377 g/mol. The summed E-state index contributed by atoms with van der Waals surface area (Å²) in [4.78, 5) is 24.7. The Bertz CT molecular complexity index is 1260. The number of ether oxygens (including phenoxy) is 1. The summed E-state index contributed by atoms with van der Waals surface area (Å²) >= 11 is 0. The number of benzene rings is 2. The minimum Gasteiger partial charge on any atom is -0.497 e. The van der Waals surface area contributed by atoms with Gasteiger partial charge in [-0.1, -0.05) is 18.2 Å². The molecule has 4 aromatic rings. The third-order valence-electron chi connectivity index (χ3n) is 4.36. The molecule has 0 aliphatic carbocycles. The predicted octanol–water partition coefficient (Wildman–Crippen LogP) is 3.44. The van der Waals surface area contributed by atoms with Crippen LogP contribution in [0.15, 0.2) is 70.0 Å². The Morgan fingerprint density at radius 1 is 1.21 bits per heavy atom. The molecule has 0 bridgehead atoms. The molecule has 2 heterocycles. The molecule has 1 N–H and O–H groups in total. The first-order valence-corrected chi connectivity index (χ1v) is 8.73. The van der Waals surface area contributed by atoms with E-state index in [0.717, 1.165) is 0 Å². The van der Waals surface area contributed by atoms with Crippen LogP contribution in [-0.4, -0.2) is 22.8 Å². The highest BCUT2D eigenvalue weighted by atomic mass is 19.1. The Kier molecular flexibility index (Phi) is 4.82. The van der Waals surface area contributed by atoms with Crippen molar-refractivity contribution in [2.75, 3.05) is 12.4 Å². The second kappa shape index (κ2) is 7.59. The molecule has 2 aromatic heterocycles. The Morgan fingerprint density at radius 3 is 2.83 bits per heavy atom. The minimum absolute atomic E-state index is 0.147. The third kappa shape index (κ3) is 3.86. The van der Waals surface area contributed by atoms with Crippen molar-refractivity contribution in [1.82, 2.24) is 9.78 Å². The van der Waals surface area contributed by atoms with E-state index in [1.807, 2.05) is 0 Å². The van der Waals surface area contributed by atoms with Crippen molar-refractivity contribution >= 4 is 22.7 Å². The monoisotopic (exact) mass is 393 g/mol. The van der Waals surface area contributed by atoms with Gasteiger partial charge >= 0.3 is 5.63 Å². The number of carbonyl (C=O) groups excluding carboxylic acids is 1. The maximum absolute atomic E-state index is 13.8. The lowest BCUT2D eigenvalue weighted by molar-refractivity contribution is 0.102. The normalized spacial score (nSPS) is 10.8. The van der Waals surface area contributed by atoms with Gasteiger partial charge in [-0.2, -0.15) is 5.10 Å². The van der Waals surface area contributed by atoms with Crippen LogP contribution < -0.4 is 15.7 Å². The van der Waals surface area contributed by atoms with Crippen LogP contribution in [0.25, 0.3) is 11.0 Å². The molecule has 0 fully saturated rings. The van der Waals surface area contributed by atoms with E-state index >= 15 is 0 Å². The van der Waals surface area contributed by atoms with Crippen LogP contribution in [0, 0.1) is 5.82 Å². The van der Waals surface area contributed by atoms with E-state index in [9.17, 15) is 14.0 Å². The number of nitrogens with one attached hydrogen (secondary N) is 1. The van der Waals surface area contributed by atoms with Gasteiger partial charge in [-0.15, -0.1) is 0 Å². The lowest BCUT2D eigenvalue weighted by atomic mass is 10.1. The molecule has 146 valence electrons. The number of hydrogen-bond donors (Lipinski definition) is 1. The quantitative estimate of drug-likeness (QED) is 0.525. The lowest BCUT2D eigenvalue weighted by Crippen LogP contribution is -2.21. The van der Waals surface area contributed by atoms with Crippen LogP contribution in [0.5, 0.6) is 5.75 Å². The van der Waals surface area contributed by atoms with Crippen molar-refractivity contribution in [3.8, 4) is 5.75 Å². The Morgan fingerprint density at radius 2 is 2.03 bits per heavy atom. The fourth-order valence-electron chi connectivity index (χ4n) is 2.88. The lowest BCUT2D eigenvalue weighted by Gasteiger charge is -2.05. The number of rotatable bonds is 5. The zero-order chi connectivity index (χ0) is 20.4. The second-order valence-corrected chi connectivity index (χ2v) is 6.30. The van der Waals surface area contributed by atoms with Crippen LogP contribution >= 0.6 is 0 Å². The number of hydrogen-bond acceptors (Lipinski definition) is 5. The number of nitrogens with zero attached hydrogens (tertiary/aromatic N) is 2. The van der Waals surface area contributed by atoms with Crippen molar-refractivity contribution in [3.05, 3.63) is 88.2 Å². The number of carbonyl (C=O) groups is 1. The van der Waals surface area contributed by atoms with Gasteiger partial charge in [0.1, 0.15) is 22.7 Å². The zero-order valence-corrected chi connectivity index (χ0v) is 15.4. The summed E-state index contributed by atoms with van der Waals surface area (Å²) < 4.78 is 25.6. The maximum atomic E-state index is 13.8. The first-order valence-electron chi connectivity index (χ1n) is 8.73. The highest BCUT2D eigenvalue weighted by molar-refractivity contribution is 6.04. The standard InChI is InChI=1S/C21H16FN3O4/c1-28-15-7-6-13-10-16(21(27)29-18(13)11-15)20(26)23-19-8-9-25(24-19)12-14-4-2-3-5-17(14)22/h2-11H,12H2,1H3,(H,23,24,26). The number of amides is 1. The summed E-state index contributed by atoms with van der Waals surface area (Å²) in [6.07, 6.45) is 1.61. The number of methoxy groups -OCH3 is 1. The molecule has 2 aromatic carbocycles. The average Bonchev–Trinajstić information content (AvgIpc) is 3.15. The van der Waals surface area contributed by atoms with Crippen LogP contribution in [-0.2, 0) is 6.54 Å². The van der Waals surface area contributed by atoms with Gasteiger partial charge in [0.2, 0.25) is 0 Å². The molecule has 0 radical (unpaired) electrons. The largest absolute Gasteiger partial charge is 0.497 e. The first kappa shape index (κ1) is 18.4. The second-order valence-electron chi connectivity index (χ2n) is 6.30. The molecular formula is C21H16FN3O4. The van der Waals surface area contributed by atoms with Crippen LogP contribution in [0.2, 0.25) is 0 Å². The van der Waals surface area contributed by atoms with E-state index in [-0.39, 0.29) is 23.7 Å². The van der Waals surface area contributed by atoms with E-state index in [4.69, 9.17) is 9.15 Å². The van der Waals surface area contributed by atoms with Crippen molar-refractivity contribution in [2.24, 2.45) is 0 Å². The van der Waals surface area contributed by atoms with Crippen LogP contribution in [0.4, 0.5) is 10.2 Å². The highest BCUT2D eigenvalue weighted by Crippen LogP contribution is 2.20. The molecule has 0 atom stereocenters. The molecule has 4 rings (SSSR count). The first-order chi connectivity index (χ1) is 14.0. The molecule has 0 saturated heterocycles. The molecule has 0 unspecified atom stereocenters. The fraction of sp³-hybridized carbons (Fsp3) is 0.0952. The highest BCUT2D eigenvalue weighted by Gasteiger charge is 2.15. The summed E-state index contributed by atoms with van der Waals surface area (Å²) in [6.45, 7) is 0.211. The van der Waals surface area contributed by atoms with Gasteiger partial charge in [-0.3, -0.25) is 9.48 Å². The number of aromatic nitrogens is 2. The third-order valence-corrected chi connectivity index (χ3v) is 4.36. The number of halogens is 1. The molecule has 0 saturated carbocycles. The van der Waals surface area contributed by atoms with Gasteiger partial charge in [-0.05, 0) is 24.3 Å². The molecule has 8 heteroatoms. The van der Waals surface area contributed by atoms with Gasteiger partial charge in [-0.25, -0.2) is 9.18 Å². The molecule has 0 aliphatic rings. The average molecular weight is 393 g/mol. The van der Waals surface area contributed by atoms with Gasteiger partial charge in [0.05, 0.1) is 13.7 Å². The SMILES string of the molecule is COc1ccc2cc(C(=O)Nc3ccn(Cc4ccccc4F)n3)c(=O)oc2c1. The summed E-state index contributed by atoms with van der Waals surface area (Å²) in [5, 5.41) is 7.34. The number of fused-ring (bicyclic) bond motifs is 1. The van der Waals surface area contributed by atoms with E-state index in [0.29, 0.717) is 22.3 Å². The molecule has 1 amide bonds. The van der Waals surface area contributed by atoms with Crippen molar-refractivity contribution < 1.29 is 18.3 Å². The van der Waals surface area contributed by atoms with Gasteiger partial charge in [0.15, 0.2) is 5.82 Å². The smallest absolute Gasteiger partial charge is 0.349 e. The van der Waals surface area contributed by atoms with E-state index in [2.05, 4.69) is 10.4 Å². The molecule has 0 spiro atoms. The Hall–Kier alpha value is -3.94. The summed E-state index contributed by atoms with van der Waals surface area (Å²) in [6, 6.07) is 14.4. The van der Waals surface area contributed by atoms with Gasteiger partial charge < -0.3 is 14.5 Å². The number of anilines is 1. The van der Waals surface area contributed by atoms with Crippen LogP contribution in [0.1, 0.15) is 15.9 Å². The van der Waals surface area contributed by atoms with Crippen molar-refractivity contribution in [2.45, 2.75) is 6.54 Å². The van der Waals surface area contributed by atoms with Crippen molar-refractivity contribution in [1.29, 1.82) is 0 Å². The van der Waals surface area contributed by atoms with E-state index < -0.39 is 11.5 Å². The van der Waals surface area contributed by atoms with Crippen LogP contribution in [0.3, 0.4) is 0 Å². The van der Waals surface area contributed by atoms with Gasteiger partial charge in [0, 0.05) is 29.3 Å². The predicted molar refractivity (Wildman–Crippen MR) is 105 cm³/mol. The zero-order valence-electron chi connectivity index (χ0n) is 15.4. The van der Waals surface area contributed by atoms with Gasteiger partial charge in [0.25, 0.3) is 5.91 Å². The maximum Gasteiger partial charge on any atom is 0.349 e.